The van der Waals surface area contributed by atoms with Gasteiger partial charge in [-0.15, -0.1) is 11.3 Å². The Labute approximate surface area is 143 Å². The van der Waals surface area contributed by atoms with Crippen molar-refractivity contribution in [1.82, 2.24) is 9.38 Å². The zero-order valence-corrected chi connectivity index (χ0v) is 14.7. The van der Waals surface area contributed by atoms with E-state index in [1.807, 2.05) is 36.6 Å². The van der Waals surface area contributed by atoms with Gasteiger partial charge in [-0.3, -0.25) is 9.20 Å². The van der Waals surface area contributed by atoms with Crippen molar-refractivity contribution in [1.29, 1.82) is 0 Å². The topological polar surface area (TPSA) is 43.6 Å². The number of hydrogen-bond acceptors (Lipinski definition) is 5. The molecule has 0 unspecified atom stereocenters. The van der Waals surface area contributed by atoms with Gasteiger partial charge in [-0.1, -0.05) is 17.7 Å². The summed E-state index contributed by atoms with van der Waals surface area (Å²) in [7, 11) is 0. The molecule has 0 aliphatic rings. The third-order valence-corrected chi connectivity index (χ3v) is 5.29. The summed E-state index contributed by atoms with van der Waals surface area (Å²) < 4.78 is 7.34. The number of hydrogen-bond donors (Lipinski definition) is 0. The molecule has 3 aromatic rings. The van der Waals surface area contributed by atoms with Crippen LogP contribution in [0.4, 0.5) is 0 Å². The van der Waals surface area contributed by atoms with Crippen molar-refractivity contribution in [2.75, 3.05) is 12.4 Å². The summed E-state index contributed by atoms with van der Waals surface area (Å²) in [5.74, 6) is 2.47. The Hall–Kier alpha value is -1.79. The van der Waals surface area contributed by atoms with Gasteiger partial charge in [0.15, 0.2) is 4.96 Å². The largest absolute Gasteiger partial charge is 0.493 e. The molecule has 0 N–H and O–H groups in total. The van der Waals surface area contributed by atoms with Crippen LogP contribution in [0, 0.1) is 13.8 Å². The highest BCUT2D eigenvalue weighted by molar-refractivity contribution is 7.98. The summed E-state index contributed by atoms with van der Waals surface area (Å²) in [5.41, 5.74) is 2.99. The number of thiazole rings is 1. The quantitative estimate of drug-likeness (QED) is 0.639. The van der Waals surface area contributed by atoms with Gasteiger partial charge in [0.25, 0.3) is 5.56 Å². The third-order valence-electron chi connectivity index (χ3n) is 3.40. The maximum absolute atomic E-state index is 12.1. The lowest BCUT2D eigenvalue weighted by molar-refractivity contribution is 0.344. The zero-order valence-electron chi connectivity index (χ0n) is 13.1. The number of rotatable bonds is 6. The van der Waals surface area contributed by atoms with Crippen molar-refractivity contribution in [3.8, 4) is 5.75 Å². The van der Waals surface area contributed by atoms with E-state index in [4.69, 9.17) is 4.74 Å². The molecule has 1 aromatic carbocycles. The highest BCUT2D eigenvalue weighted by Crippen LogP contribution is 2.16. The number of benzene rings is 1. The van der Waals surface area contributed by atoms with E-state index in [1.165, 1.54) is 16.9 Å². The lowest BCUT2D eigenvalue weighted by Crippen LogP contribution is -2.14. The van der Waals surface area contributed by atoms with Crippen LogP contribution < -0.4 is 10.3 Å². The van der Waals surface area contributed by atoms with Gasteiger partial charge < -0.3 is 4.74 Å². The SMILES string of the molecule is Cc1ccc(OCCSCc2cc(=O)n3c(C)csc3n2)cc1. The third kappa shape index (κ3) is 3.95. The summed E-state index contributed by atoms with van der Waals surface area (Å²) in [6.07, 6.45) is 0. The minimum absolute atomic E-state index is 0.000236. The van der Waals surface area contributed by atoms with Gasteiger partial charge in [0.05, 0.1) is 12.3 Å². The molecule has 2 heterocycles. The normalized spacial score (nSPS) is 11.0. The van der Waals surface area contributed by atoms with E-state index in [-0.39, 0.29) is 5.56 Å². The number of nitrogens with zero attached hydrogens (tertiary/aromatic N) is 2. The van der Waals surface area contributed by atoms with Gasteiger partial charge in [-0.05, 0) is 26.0 Å². The van der Waals surface area contributed by atoms with Gasteiger partial charge in [0, 0.05) is 28.6 Å². The van der Waals surface area contributed by atoms with Crippen molar-refractivity contribution in [2.24, 2.45) is 0 Å². The second-order valence-electron chi connectivity index (χ2n) is 5.29. The highest BCUT2D eigenvalue weighted by Gasteiger charge is 2.06. The number of aromatic nitrogens is 2. The lowest BCUT2D eigenvalue weighted by atomic mass is 10.2. The minimum atomic E-state index is 0.000236. The van der Waals surface area contributed by atoms with Crippen LogP contribution in [0.3, 0.4) is 0 Å². The molecule has 0 radical (unpaired) electrons. The van der Waals surface area contributed by atoms with Crippen molar-refractivity contribution in [3.63, 3.8) is 0 Å². The van der Waals surface area contributed by atoms with Crippen molar-refractivity contribution in [3.05, 3.63) is 63.0 Å². The average molecular weight is 346 g/mol. The molecule has 4 nitrogen and oxygen atoms in total. The van der Waals surface area contributed by atoms with Crippen LogP contribution in [0.2, 0.25) is 0 Å². The fourth-order valence-electron chi connectivity index (χ4n) is 2.20. The summed E-state index contributed by atoms with van der Waals surface area (Å²) in [4.78, 5) is 17.4. The Morgan fingerprint density at radius 3 is 2.83 bits per heavy atom. The summed E-state index contributed by atoms with van der Waals surface area (Å²) in [6, 6.07) is 9.67. The molecule has 0 bridgehead atoms. The first-order valence-electron chi connectivity index (χ1n) is 7.37. The van der Waals surface area contributed by atoms with Gasteiger partial charge in [-0.25, -0.2) is 4.98 Å². The van der Waals surface area contributed by atoms with Crippen molar-refractivity contribution >= 4 is 28.1 Å². The molecule has 0 atom stereocenters. The zero-order chi connectivity index (χ0) is 16.2. The Balaban J connectivity index is 1.51. The molecule has 0 fully saturated rings. The molecule has 120 valence electrons. The molecule has 3 rings (SSSR count). The molecule has 0 saturated carbocycles. The van der Waals surface area contributed by atoms with Crippen molar-refractivity contribution < 1.29 is 4.74 Å². The number of ether oxygens (including phenoxy) is 1. The van der Waals surface area contributed by atoms with Crippen LogP contribution in [0.1, 0.15) is 17.0 Å². The first kappa shape index (κ1) is 16.1. The maximum Gasteiger partial charge on any atom is 0.258 e. The molecule has 23 heavy (non-hydrogen) atoms. The molecular weight excluding hydrogens is 328 g/mol. The van der Waals surface area contributed by atoms with Crippen molar-refractivity contribution in [2.45, 2.75) is 19.6 Å². The fourth-order valence-corrected chi connectivity index (χ4v) is 3.80. The monoisotopic (exact) mass is 346 g/mol. The van der Waals surface area contributed by atoms with E-state index < -0.39 is 0 Å². The van der Waals surface area contributed by atoms with Gasteiger partial charge >= 0.3 is 0 Å². The predicted octanol–water partition coefficient (Wildman–Crippen LogP) is 3.69. The summed E-state index contributed by atoms with van der Waals surface area (Å²) in [5, 5.41) is 1.95. The smallest absolute Gasteiger partial charge is 0.258 e. The lowest BCUT2D eigenvalue weighted by Gasteiger charge is -2.06. The van der Waals surface area contributed by atoms with E-state index in [9.17, 15) is 4.79 Å². The first-order chi connectivity index (χ1) is 11.1. The van der Waals surface area contributed by atoms with E-state index >= 15 is 0 Å². The summed E-state index contributed by atoms with van der Waals surface area (Å²) in [6.45, 7) is 4.62. The van der Waals surface area contributed by atoms with Gasteiger partial charge in [0.1, 0.15) is 5.75 Å². The Morgan fingerprint density at radius 1 is 1.26 bits per heavy atom. The van der Waals surface area contributed by atoms with Crippen LogP contribution >= 0.6 is 23.1 Å². The molecule has 0 aliphatic carbocycles. The fraction of sp³-hybridized carbons (Fsp3) is 0.294. The van der Waals surface area contributed by atoms with Crippen LogP contribution in [0.15, 0.2) is 40.5 Å². The van der Waals surface area contributed by atoms with Crippen LogP contribution in [-0.4, -0.2) is 21.7 Å². The number of aryl methyl sites for hydroxylation is 2. The predicted molar refractivity (Wildman–Crippen MR) is 96.9 cm³/mol. The standard InChI is InChI=1S/C17H18N2O2S2/c1-12-3-5-15(6-4-12)21-7-8-22-11-14-9-16(20)19-13(2)10-23-17(19)18-14/h3-6,9-10H,7-8,11H2,1-2H3. The van der Waals surface area contributed by atoms with Crippen LogP contribution in [-0.2, 0) is 5.75 Å². The molecular formula is C17H18N2O2S2. The van der Waals surface area contributed by atoms with E-state index in [0.29, 0.717) is 6.61 Å². The highest BCUT2D eigenvalue weighted by atomic mass is 32.2. The number of fused-ring (bicyclic) bond motifs is 1. The minimum Gasteiger partial charge on any atom is -0.493 e. The molecule has 0 spiro atoms. The Kier molecular flexibility index (Phi) is 5.03. The van der Waals surface area contributed by atoms with Crippen LogP contribution in [0.25, 0.3) is 4.96 Å². The molecule has 2 aromatic heterocycles. The average Bonchev–Trinajstić information content (AvgIpc) is 2.90. The van der Waals surface area contributed by atoms with Gasteiger partial charge in [-0.2, -0.15) is 11.8 Å². The van der Waals surface area contributed by atoms with Crippen LogP contribution in [0.5, 0.6) is 5.75 Å². The second-order valence-corrected chi connectivity index (χ2v) is 7.24. The van der Waals surface area contributed by atoms with E-state index in [1.54, 1.807) is 22.2 Å². The summed E-state index contributed by atoms with van der Waals surface area (Å²) >= 11 is 3.22. The maximum atomic E-state index is 12.1. The van der Waals surface area contributed by atoms with E-state index in [0.717, 1.165) is 33.6 Å². The molecule has 0 amide bonds. The van der Waals surface area contributed by atoms with Gasteiger partial charge in [0.2, 0.25) is 0 Å². The molecule has 0 aliphatic heterocycles. The first-order valence-corrected chi connectivity index (χ1v) is 9.41. The molecule has 0 saturated heterocycles. The Morgan fingerprint density at radius 2 is 2.04 bits per heavy atom. The number of thioether (sulfide) groups is 1. The Bertz CT molecular complexity index is 853. The van der Waals surface area contributed by atoms with E-state index in [2.05, 4.69) is 11.9 Å². The second kappa shape index (κ2) is 7.19. The molecule has 6 heteroatoms.